The molecule has 0 unspecified atom stereocenters. The minimum atomic E-state index is -1.07. The number of rotatable bonds is 5. The molecule has 3 aliphatic rings. The molecule has 2 saturated carbocycles. The third-order valence-corrected chi connectivity index (χ3v) is 7.35. The molecule has 0 atom stereocenters. The lowest BCUT2D eigenvalue weighted by Gasteiger charge is -2.45. The van der Waals surface area contributed by atoms with E-state index >= 15 is 0 Å². The number of carboxylic acid groups (broad SMARTS) is 1. The Bertz CT molecular complexity index is 1030. The van der Waals surface area contributed by atoms with Crippen molar-refractivity contribution in [2.75, 3.05) is 20.2 Å². The minimum absolute atomic E-state index is 0.0743. The number of carboxylic acids is 1. The minimum Gasteiger partial charge on any atom is -0.496 e. The summed E-state index contributed by atoms with van der Waals surface area (Å²) in [6.07, 6.45) is 4.34. The summed E-state index contributed by atoms with van der Waals surface area (Å²) in [5.41, 5.74) is 2.33. The fourth-order valence-corrected chi connectivity index (χ4v) is 5.29. The third kappa shape index (κ3) is 3.49. The Morgan fingerprint density at radius 2 is 1.77 bits per heavy atom. The zero-order chi connectivity index (χ0) is 21.8. The van der Waals surface area contributed by atoms with Crippen LogP contribution in [0.1, 0.15) is 53.9 Å². The third-order valence-electron chi connectivity index (χ3n) is 7.35. The molecule has 0 bridgehead atoms. The van der Waals surface area contributed by atoms with Crippen LogP contribution in [-0.4, -0.2) is 52.8 Å². The average Bonchev–Trinajstić information content (AvgIpc) is 3.35. The van der Waals surface area contributed by atoms with Crippen molar-refractivity contribution in [1.29, 1.82) is 0 Å². The maximum Gasteiger partial charge on any atom is 0.335 e. The van der Waals surface area contributed by atoms with Gasteiger partial charge < -0.3 is 19.8 Å². The number of ether oxygens (including phenoxy) is 1. The molecule has 3 fully saturated rings. The van der Waals surface area contributed by atoms with E-state index in [0.29, 0.717) is 24.5 Å². The zero-order valence-electron chi connectivity index (χ0n) is 17.6. The number of carbonyl (C=O) groups excluding carboxylic acids is 1. The number of aromatic carboxylic acids is 1. The Hall–Kier alpha value is -2.86. The van der Waals surface area contributed by atoms with E-state index in [1.165, 1.54) is 5.56 Å². The van der Waals surface area contributed by atoms with Crippen molar-refractivity contribution >= 4 is 11.9 Å². The van der Waals surface area contributed by atoms with Crippen LogP contribution in [0, 0.1) is 5.41 Å². The summed E-state index contributed by atoms with van der Waals surface area (Å²) in [4.78, 5) is 25.6. The first-order chi connectivity index (χ1) is 14.8. The van der Waals surface area contributed by atoms with Gasteiger partial charge in [-0.05, 0) is 72.8 Å². The number of aliphatic hydroxyl groups is 1. The first kappa shape index (κ1) is 20.1. The van der Waals surface area contributed by atoms with Crippen LogP contribution in [0.3, 0.4) is 0 Å². The lowest BCUT2D eigenvalue weighted by Crippen LogP contribution is -2.43. The molecular formula is C25H27NO5. The number of benzene rings is 2. The fraction of sp³-hybridized carbons (Fsp3) is 0.440. The summed E-state index contributed by atoms with van der Waals surface area (Å²) >= 11 is 0. The van der Waals surface area contributed by atoms with E-state index in [1.54, 1.807) is 25.3 Å². The standard InChI is InChI=1S/C25H27NO5/c1-31-21-7-6-18(22(27)28)12-20(21)17-4-2-16(3-5-17)19-13-24(14-19)10-11-26(15-24)23(29)25(30)8-9-25/h2-7,12,19,30H,8-11,13-15H2,1H3,(H,27,28)/t19-,24-. The summed E-state index contributed by atoms with van der Waals surface area (Å²) in [6.45, 7) is 1.52. The Labute approximate surface area is 181 Å². The van der Waals surface area contributed by atoms with Crippen molar-refractivity contribution < 1.29 is 24.5 Å². The molecule has 162 valence electrons. The first-order valence-electron chi connectivity index (χ1n) is 10.9. The number of nitrogens with zero attached hydrogens (tertiary/aromatic N) is 1. The second-order valence-corrected chi connectivity index (χ2v) is 9.46. The number of methoxy groups -OCH3 is 1. The van der Waals surface area contributed by atoms with Gasteiger partial charge in [-0.1, -0.05) is 24.3 Å². The van der Waals surface area contributed by atoms with Crippen LogP contribution >= 0.6 is 0 Å². The van der Waals surface area contributed by atoms with Gasteiger partial charge >= 0.3 is 5.97 Å². The first-order valence-corrected chi connectivity index (χ1v) is 10.9. The molecule has 1 spiro atoms. The molecule has 0 aromatic heterocycles. The van der Waals surface area contributed by atoms with E-state index in [0.717, 1.165) is 43.5 Å². The van der Waals surface area contributed by atoms with Crippen LogP contribution in [0.15, 0.2) is 42.5 Å². The Kier molecular flexibility index (Phi) is 4.59. The Balaban J connectivity index is 1.27. The van der Waals surface area contributed by atoms with Gasteiger partial charge in [0.25, 0.3) is 5.91 Å². The van der Waals surface area contributed by atoms with E-state index in [4.69, 9.17) is 4.74 Å². The van der Waals surface area contributed by atoms with Crippen LogP contribution < -0.4 is 4.74 Å². The highest BCUT2D eigenvalue weighted by molar-refractivity contribution is 5.90. The highest BCUT2D eigenvalue weighted by Crippen LogP contribution is 2.56. The lowest BCUT2D eigenvalue weighted by molar-refractivity contribution is -0.142. The summed E-state index contributed by atoms with van der Waals surface area (Å²) in [5.74, 6) is 0.0849. The van der Waals surface area contributed by atoms with E-state index in [1.807, 2.05) is 17.0 Å². The van der Waals surface area contributed by atoms with Gasteiger partial charge in [0.2, 0.25) is 0 Å². The molecule has 1 aliphatic heterocycles. The van der Waals surface area contributed by atoms with Gasteiger partial charge in [-0.25, -0.2) is 4.79 Å². The average molecular weight is 421 g/mol. The van der Waals surface area contributed by atoms with E-state index in [-0.39, 0.29) is 16.9 Å². The zero-order valence-corrected chi connectivity index (χ0v) is 17.6. The maximum absolute atomic E-state index is 12.4. The smallest absolute Gasteiger partial charge is 0.335 e. The number of hydrogen-bond acceptors (Lipinski definition) is 4. The molecule has 6 nitrogen and oxygen atoms in total. The van der Waals surface area contributed by atoms with Gasteiger partial charge in [0.15, 0.2) is 0 Å². The number of hydrogen-bond donors (Lipinski definition) is 2. The molecule has 0 radical (unpaired) electrons. The number of likely N-dealkylation sites (tertiary alicyclic amines) is 1. The highest BCUT2D eigenvalue weighted by Gasteiger charge is 2.55. The Morgan fingerprint density at radius 1 is 1.06 bits per heavy atom. The van der Waals surface area contributed by atoms with Crippen molar-refractivity contribution in [2.24, 2.45) is 5.41 Å². The molecule has 1 saturated heterocycles. The Morgan fingerprint density at radius 3 is 2.39 bits per heavy atom. The second kappa shape index (κ2) is 7.09. The predicted molar refractivity (Wildman–Crippen MR) is 115 cm³/mol. The van der Waals surface area contributed by atoms with E-state index in [9.17, 15) is 19.8 Å². The van der Waals surface area contributed by atoms with Crippen molar-refractivity contribution in [3.63, 3.8) is 0 Å². The van der Waals surface area contributed by atoms with Gasteiger partial charge in [0.05, 0.1) is 12.7 Å². The molecule has 6 heteroatoms. The van der Waals surface area contributed by atoms with Crippen LogP contribution in [0.5, 0.6) is 5.75 Å². The van der Waals surface area contributed by atoms with Crippen LogP contribution in [0.25, 0.3) is 11.1 Å². The van der Waals surface area contributed by atoms with E-state index in [2.05, 4.69) is 12.1 Å². The molecule has 2 N–H and O–H groups in total. The number of carbonyl (C=O) groups is 2. The van der Waals surface area contributed by atoms with Crippen LogP contribution in [-0.2, 0) is 4.79 Å². The van der Waals surface area contributed by atoms with Crippen LogP contribution in [0.2, 0.25) is 0 Å². The topological polar surface area (TPSA) is 87.1 Å². The molecular weight excluding hydrogens is 394 g/mol. The summed E-state index contributed by atoms with van der Waals surface area (Å²) < 4.78 is 5.42. The van der Waals surface area contributed by atoms with Crippen molar-refractivity contribution in [2.45, 2.75) is 43.6 Å². The molecule has 1 heterocycles. The van der Waals surface area contributed by atoms with Crippen molar-refractivity contribution in [3.8, 4) is 16.9 Å². The number of amides is 1. The summed E-state index contributed by atoms with van der Waals surface area (Å²) in [7, 11) is 1.58. The largest absolute Gasteiger partial charge is 0.496 e. The molecule has 2 aliphatic carbocycles. The fourth-order valence-electron chi connectivity index (χ4n) is 5.29. The van der Waals surface area contributed by atoms with Crippen LogP contribution in [0.4, 0.5) is 0 Å². The monoisotopic (exact) mass is 421 g/mol. The van der Waals surface area contributed by atoms with Gasteiger partial charge in [-0.2, -0.15) is 0 Å². The van der Waals surface area contributed by atoms with Gasteiger partial charge in [0.1, 0.15) is 11.4 Å². The maximum atomic E-state index is 12.4. The predicted octanol–water partition coefficient (Wildman–Crippen LogP) is 3.68. The SMILES string of the molecule is COc1ccc(C(=O)O)cc1-c1ccc([C@H]2C[C@@]3(CCN(C(=O)C4(O)CC4)C3)C2)cc1. The summed E-state index contributed by atoms with van der Waals surface area (Å²) in [5, 5.41) is 19.4. The second-order valence-electron chi connectivity index (χ2n) is 9.46. The highest BCUT2D eigenvalue weighted by atomic mass is 16.5. The molecule has 2 aromatic rings. The van der Waals surface area contributed by atoms with Gasteiger partial charge in [0, 0.05) is 18.7 Å². The molecule has 2 aromatic carbocycles. The van der Waals surface area contributed by atoms with Crippen molar-refractivity contribution in [3.05, 3.63) is 53.6 Å². The molecule has 5 rings (SSSR count). The lowest BCUT2D eigenvalue weighted by atomic mass is 9.59. The van der Waals surface area contributed by atoms with Crippen molar-refractivity contribution in [1.82, 2.24) is 4.90 Å². The quantitative estimate of drug-likeness (QED) is 0.769. The van der Waals surface area contributed by atoms with Gasteiger partial charge in [-0.3, -0.25) is 4.79 Å². The van der Waals surface area contributed by atoms with E-state index < -0.39 is 11.6 Å². The normalized spacial score (nSPS) is 25.9. The molecule has 1 amide bonds. The summed E-state index contributed by atoms with van der Waals surface area (Å²) in [6, 6.07) is 13.2. The van der Waals surface area contributed by atoms with Gasteiger partial charge in [-0.15, -0.1) is 0 Å². The molecule has 31 heavy (non-hydrogen) atoms.